The number of benzene rings is 1. The minimum absolute atomic E-state index is 0.157. The molecular weight excluding hydrogens is 266 g/mol. The molecular formula is C13H20BrNO. The number of aryl methyl sites for hydroxylation is 1. The second-order valence-electron chi connectivity index (χ2n) is 4.79. The fourth-order valence-corrected chi connectivity index (χ4v) is 1.91. The van der Waals surface area contributed by atoms with Crippen molar-refractivity contribution in [2.24, 2.45) is 0 Å². The molecule has 90 valence electrons. The molecule has 0 aromatic heterocycles. The fourth-order valence-electron chi connectivity index (χ4n) is 1.50. The fraction of sp³-hybridized carbons (Fsp3) is 0.538. The lowest BCUT2D eigenvalue weighted by molar-refractivity contribution is 0.189. The highest BCUT2D eigenvalue weighted by Crippen LogP contribution is 2.16. The van der Waals surface area contributed by atoms with Crippen LogP contribution in [0.4, 0.5) is 0 Å². The summed E-state index contributed by atoms with van der Waals surface area (Å²) in [4.78, 5) is 0. The number of hydrogen-bond acceptors (Lipinski definition) is 2. The summed E-state index contributed by atoms with van der Waals surface area (Å²) in [6.07, 6.45) is 0.981. The van der Waals surface area contributed by atoms with E-state index in [0.29, 0.717) is 0 Å². The van der Waals surface area contributed by atoms with Gasteiger partial charge >= 0.3 is 0 Å². The highest BCUT2D eigenvalue weighted by Gasteiger charge is 2.14. The van der Waals surface area contributed by atoms with Crippen molar-refractivity contribution in [2.75, 3.05) is 13.2 Å². The molecule has 0 saturated heterocycles. The topological polar surface area (TPSA) is 32.3 Å². The van der Waals surface area contributed by atoms with Gasteiger partial charge in [-0.1, -0.05) is 22.0 Å². The van der Waals surface area contributed by atoms with Crippen LogP contribution in [0.25, 0.3) is 0 Å². The van der Waals surface area contributed by atoms with Crippen molar-refractivity contribution < 1.29 is 5.11 Å². The van der Waals surface area contributed by atoms with Crippen molar-refractivity contribution in [1.82, 2.24) is 5.32 Å². The molecule has 3 heteroatoms. The number of aliphatic hydroxyl groups is 1. The zero-order valence-electron chi connectivity index (χ0n) is 10.2. The van der Waals surface area contributed by atoms with Crippen LogP contribution in [0.15, 0.2) is 22.7 Å². The Hall–Kier alpha value is -0.380. The van der Waals surface area contributed by atoms with Gasteiger partial charge in [0.25, 0.3) is 0 Å². The van der Waals surface area contributed by atoms with Gasteiger partial charge in [-0.2, -0.15) is 0 Å². The largest absolute Gasteiger partial charge is 0.394 e. The summed E-state index contributed by atoms with van der Waals surface area (Å²) >= 11 is 3.48. The van der Waals surface area contributed by atoms with Crippen LogP contribution in [0.5, 0.6) is 0 Å². The highest BCUT2D eigenvalue weighted by atomic mass is 79.9. The van der Waals surface area contributed by atoms with Gasteiger partial charge in [-0.3, -0.25) is 0 Å². The van der Waals surface area contributed by atoms with E-state index in [1.165, 1.54) is 11.1 Å². The minimum atomic E-state index is -0.195. The number of aliphatic hydroxyl groups excluding tert-OH is 1. The van der Waals surface area contributed by atoms with Crippen LogP contribution in [0.2, 0.25) is 0 Å². The van der Waals surface area contributed by atoms with E-state index in [0.717, 1.165) is 17.4 Å². The zero-order valence-corrected chi connectivity index (χ0v) is 11.8. The normalized spacial score (nSPS) is 11.8. The van der Waals surface area contributed by atoms with Gasteiger partial charge in [0.15, 0.2) is 0 Å². The van der Waals surface area contributed by atoms with Gasteiger partial charge in [-0.25, -0.2) is 0 Å². The second-order valence-corrected chi connectivity index (χ2v) is 5.71. The van der Waals surface area contributed by atoms with Crippen molar-refractivity contribution in [1.29, 1.82) is 0 Å². The first kappa shape index (κ1) is 13.7. The van der Waals surface area contributed by atoms with Crippen LogP contribution in [0.1, 0.15) is 25.0 Å². The summed E-state index contributed by atoms with van der Waals surface area (Å²) in [5.41, 5.74) is 2.46. The van der Waals surface area contributed by atoms with Gasteiger partial charge in [-0.15, -0.1) is 0 Å². The number of hydrogen-bond donors (Lipinski definition) is 2. The molecule has 2 nitrogen and oxygen atoms in total. The standard InChI is InChI=1S/C13H20BrNO/c1-10-4-5-12(14)8-11(10)6-7-15-13(2,3)9-16/h4-5,8,15-16H,6-7,9H2,1-3H3. The number of nitrogens with one attached hydrogen (secondary N) is 1. The van der Waals surface area contributed by atoms with Crippen molar-refractivity contribution in [3.05, 3.63) is 33.8 Å². The van der Waals surface area contributed by atoms with E-state index in [1.807, 2.05) is 13.8 Å². The Balaban J connectivity index is 2.52. The summed E-state index contributed by atoms with van der Waals surface area (Å²) in [7, 11) is 0. The molecule has 0 atom stereocenters. The number of halogens is 1. The Labute approximate surface area is 106 Å². The van der Waals surface area contributed by atoms with Gasteiger partial charge in [0.2, 0.25) is 0 Å². The minimum Gasteiger partial charge on any atom is -0.394 e. The van der Waals surface area contributed by atoms with Crippen molar-refractivity contribution >= 4 is 15.9 Å². The molecule has 0 heterocycles. The van der Waals surface area contributed by atoms with Crippen LogP contribution in [0.3, 0.4) is 0 Å². The van der Waals surface area contributed by atoms with Crippen molar-refractivity contribution in [3.63, 3.8) is 0 Å². The quantitative estimate of drug-likeness (QED) is 0.872. The first-order valence-corrected chi connectivity index (χ1v) is 6.35. The molecule has 0 aliphatic rings. The molecule has 0 amide bonds. The van der Waals surface area contributed by atoms with E-state index in [9.17, 15) is 0 Å². The third kappa shape index (κ3) is 4.24. The molecule has 1 rings (SSSR count). The van der Waals surface area contributed by atoms with E-state index in [1.54, 1.807) is 0 Å². The predicted molar refractivity (Wildman–Crippen MR) is 71.8 cm³/mol. The van der Waals surface area contributed by atoms with E-state index < -0.39 is 0 Å². The number of rotatable bonds is 5. The molecule has 0 unspecified atom stereocenters. The van der Waals surface area contributed by atoms with E-state index in [2.05, 4.69) is 46.4 Å². The van der Waals surface area contributed by atoms with Gasteiger partial charge in [0.05, 0.1) is 6.61 Å². The molecule has 1 aromatic carbocycles. The zero-order chi connectivity index (χ0) is 12.2. The Morgan fingerprint density at radius 1 is 1.38 bits per heavy atom. The molecule has 0 saturated carbocycles. The third-order valence-corrected chi connectivity index (χ3v) is 3.20. The smallest absolute Gasteiger partial charge is 0.0607 e. The Morgan fingerprint density at radius 3 is 2.69 bits per heavy atom. The average molecular weight is 286 g/mol. The van der Waals surface area contributed by atoms with Crippen LogP contribution in [-0.2, 0) is 6.42 Å². The van der Waals surface area contributed by atoms with Crippen molar-refractivity contribution in [3.8, 4) is 0 Å². The first-order valence-electron chi connectivity index (χ1n) is 5.55. The molecule has 16 heavy (non-hydrogen) atoms. The van der Waals surface area contributed by atoms with E-state index >= 15 is 0 Å². The van der Waals surface area contributed by atoms with Crippen LogP contribution < -0.4 is 5.32 Å². The maximum Gasteiger partial charge on any atom is 0.0607 e. The molecule has 1 aromatic rings. The van der Waals surface area contributed by atoms with Crippen molar-refractivity contribution in [2.45, 2.75) is 32.7 Å². The molecule has 0 radical (unpaired) electrons. The van der Waals surface area contributed by atoms with Crippen LogP contribution in [-0.4, -0.2) is 23.8 Å². The second kappa shape index (κ2) is 5.80. The Morgan fingerprint density at radius 2 is 2.06 bits per heavy atom. The lowest BCUT2D eigenvalue weighted by atomic mass is 10.0. The molecule has 0 fully saturated rings. The summed E-state index contributed by atoms with van der Waals surface area (Å²) in [6, 6.07) is 6.34. The maximum absolute atomic E-state index is 9.12. The van der Waals surface area contributed by atoms with Gasteiger partial charge in [0, 0.05) is 10.0 Å². The predicted octanol–water partition coefficient (Wildman–Crippen LogP) is 2.66. The SMILES string of the molecule is Cc1ccc(Br)cc1CCNC(C)(C)CO. The molecule has 0 aliphatic heterocycles. The lowest BCUT2D eigenvalue weighted by Crippen LogP contribution is -2.43. The lowest BCUT2D eigenvalue weighted by Gasteiger charge is -2.23. The Kier molecular flexibility index (Phi) is 4.96. The summed E-state index contributed by atoms with van der Waals surface area (Å²) < 4.78 is 1.12. The van der Waals surface area contributed by atoms with Crippen LogP contribution in [0, 0.1) is 6.92 Å². The molecule has 2 N–H and O–H groups in total. The van der Waals surface area contributed by atoms with E-state index in [4.69, 9.17) is 5.11 Å². The third-order valence-electron chi connectivity index (χ3n) is 2.70. The Bertz CT molecular complexity index is 350. The van der Waals surface area contributed by atoms with Crippen LogP contribution >= 0.6 is 15.9 Å². The molecule has 0 aliphatic carbocycles. The first-order chi connectivity index (χ1) is 7.44. The maximum atomic E-state index is 9.12. The van der Waals surface area contributed by atoms with Gasteiger partial charge in [-0.05, 0) is 57.0 Å². The highest BCUT2D eigenvalue weighted by molar-refractivity contribution is 9.10. The summed E-state index contributed by atoms with van der Waals surface area (Å²) in [5.74, 6) is 0. The van der Waals surface area contributed by atoms with E-state index in [-0.39, 0.29) is 12.1 Å². The van der Waals surface area contributed by atoms with Gasteiger partial charge < -0.3 is 10.4 Å². The molecule has 0 spiro atoms. The molecule has 0 bridgehead atoms. The summed E-state index contributed by atoms with van der Waals surface area (Å²) in [5, 5.41) is 12.5. The average Bonchev–Trinajstić information content (AvgIpc) is 2.23. The summed E-state index contributed by atoms with van der Waals surface area (Å²) in [6.45, 7) is 7.16. The monoisotopic (exact) mass is 285 g/mol. The van der Waals surface area contributed by atoms with Gasteiger partial charge in [0.1, 0.15) is 0 Å².